The number of carbonyl (C=O) groups excluding carboxylic acids is 6. The molecule has 0 amide bonds. The van der Waals surface area contributed by atoms with Crippen LogP contribution in [0, 0.1) is 23.7 Å². The van der Waals surface area contributed by atoms with E-state index in [0.29, 0.717) is 0 Å². The third-order valence-electron chi connectivity index (χ3n) is 7.80. The zero-order chi connectivity index (χ0) is 34.2. The van der Waals surface area contributed by atoms with Crippen LogP contribution in [0.3, 0.4) is 0 Å². The Morgan fingerprint density at radius 1 is 0.587 bits per heavy atom. The smallest absolute Gasteiger partial charge is 0.339 e. The number of ether oxygens (including phenoxy) is 7. The molecular weight excluding hydrogens is 604 g/mol. The highest BCUT2D eigenvalue weighted by atomic mass is 16.6. The zero-order valence-electron chi connectivity index (χ0n) is 27.3. The summed E-state index contributed by atoms with van der Waals surface area (Å²) in [6, 6.07) is 0. The van der Waals surface area contributed by atoms with Gasteiger partial charge in [-0.1, -0.05) is 18.2 Å². The van der Waals surface area contributed by atoms with E-state index < -0.39 is 81.8 Å². The second-order valence-corrected chi connectivity index (χ2v) is 10.2. The summed E-state index contributed by atoms with van der Waals surface area (Å²) in [7, 11) is 0. The monoisotopic (exact) mass is 646 g/mol. The van der Waals surface area contributed by atoms with Gasteiger partial charge in [0.2, 0.25) is 0 Å². The van der Waals surface area contributed by atoms with Gasteiger partial charge in [-0.15, -0.1) is 0 Å². The van der Waals surface area contributed by atoms with Gasteiger partial charge in [0.05, 0.1) is 67.9 Å². The van der Waals surface area contributed by atoms with Crippen molar-refractivity contribution < 1.29 is 61.9 Å². The summed E-state index contributed by atoms with van der Waals surface area (Å²) in [6.45, 7) is 10.3. The number of esters is 6. The molecule has 46 heavy (non-hydrogen) atoms. The van der Waals surface area contributed by atoms with Gasteiger partial charge in [0.25, 0.3) is 0 Å². The van der Waals surface area contributed by atoms with Crippen molar-refractivity contribution in [2.45, 2.75) is 54.1 Å². The van der Waals surface area contributed by atoms with Gasteiger partial charge in [-0.05, 0) is 48.5 Å². The fraction of sp³-hybridized carbons (Fsp3) is 0.576. The molecule has 4 aliphatic carbocycles. The Morgan fingerprint density at radius 2 is 1.09 bits per heavy atom. The SMILES string of the molecule is CCOC(=O)C1=C[C@@H]2C=C[C@H]([C@H]1C(=O)OCC)[C@H]1C(C(=O)OCC)=C(C(=O)OCC)C(C(=O)OCC)=C(C(=O)OCC)[C@]21OCC. The van der Waals surface area contributed by atoms with E-state index in [1.54, 1.807) is 46.8 Å². The summed E-state index contributed by atoms with van der Waals surface area (Å²) < 4.78 is 38.8. The molecule has 252 valence electrons. The molecule has 0 unspecified atom stereocenters. The number of hydrogen-bond donors (Lipinski definition) is 0. The van der Waals surface area contributed by atoms with E-state index in [1.165, 1.54) is 19.9 Å². The maximum Gasteiger partial charge on any atom is 0.339 e. The highest BCUT2D eigenvalue weighted by Gasteiger charge is 2.66. The maximum absolute atomic E-state index is 14.1. The Balaban J connectivity index is 2.68. The summed E-state index contributed by atoms with van der Waals surface area (Å²) in [6.07, 6.45) is 4.65. The van der Waals surface area contributed by atoms with Gasteiger partial charge in [0.15, 0.2) is 0 Å². The Kier molecular flexibility index (Phi) is 12.5. The van der Waals surface area contributed by atoms with Crippen LogP contribution in [0.5, 0.6) is 0 Å². The summed E-state index contributed by atoms with van der Waals surface area (Å²) in [5.41, 5.74) is -4.05. The molecule has 0 aromatic rings. The lowest BCUT2D eigenvalue weighted by Gasteiger charge is -2.52. The van der Waals surface area contributed by atoms with E-state index in [9.17, 15) is 28.8 Å². The van der Waals surface area contributed by atoms with Crippen molar-refractivity contribution in [3.8, 4) is 0 Å². The van der Waals surface area contributed by atoms with Crippen molar-refractivity contribution >= 4 is 35.8 Å². The lowest BCUT2D eigenvalue weighted by molar-refractivity contribution is -0.158. The Hall–Kier alpha value is -4.26. The van der Waals surface area contributed by atoms with Gasteiger partial charge in [-0.25, -0.2) is 24.0 Å². The van der Waals surface area contributed by atoms with Crippen LogP contribution in [0.4, 0.5) is 0 Å². The minimum absolute atomic E-state index is 0.0174. The summed E-state index contributed by atoms with van der Waals surface area (Å²) >= 11 is 0. The average molecular weight is 647 g/mol. The molecular formula is C33H42O13. The molecule has 13 heteroatoms. The molecule has 0 aromatic heterocycles. The highest BCUT2D eigenvalue weighted by molar-refractivity contribution is 6.18. The number of fused-ring (bicyclic) bond motifs is 1. The van der Waals surface area contributed by atoms with Crippen LogP contribution < -0.4 is 0 Å². The highest BCUT2D eigenvalue weighted by Crippen LogP contribution is 2.59. The van der Waals surface area contributed by atoms with Crippen LogP contribution in [0.2, 0.25) is 0 Å². The molecule has 0 radical (unpaired) electrons. The minimum atomic E-state index is -1.99. The first-order valence-corrected chi connectivity index (χ1v) is 15.6. The Morgan fingerprint density at radius 3 is 1.63 bits per heavy atom. The molecule has 4 aliphatic rings. The standard InChI is InChI=1S/C33H42O13/c1-8-40-27(34)20-17-18-15-16-19(21(20)28(35)41-9-2)25-23(30(37)43-11-4)22(29(36)42-10-3)24(31(38)44-12-5)26(32(39)45-13-6)33(18,25)46-14-7/h15-19,21,25H,8-14H2,1-7H3/t18-,19+,21+,25-,33-/m0/s1. The number of hydrogen-bond acceptors (Lipinski definition) is 13. The molecule has 0 aromatic carbocycles. The molecule has 0 saturated carbocycles. The molecule has 0 spiro atoms. The Labute approximate surface area is 267 Å². The first kappa shape index (κ1) is 36.2. The molecule has 0 N–H and O–H groups in total. The minimum Gasteiger partial charge on any atom is -0.466 e. The fourth-order valence-electron chi connectivity index (χ4n) is 6.47. The van der Waals surface area contributed by atoms with Crippen molar-refractivity contribution in [2.24, 2.45) is 23.7 Å². The van der Waals surface area contributed by atoms with E-state index in [1.807, 2.05) is 0 Å². The van der Waals surface area contributed by atoms with Gasteiger partial charge >= 0.3 is 35.8 Å². The van der Waals surface area contributed by atoms with Crippen molar-refractivity contribution in [1.29, 1.82) is 0 Å². The van der Waals surface area contributed by atoms with Crippen molar-refractivity contribution in [3.63, 3.8) is 0 Å². The van der Waals surface area contributed by atoms with E-state index in [4.69, 9.17) is 33.2 Å². The van der Waals surface area contributed by atoms with Gasteiger partial charge in [0.1, 0.15) is 5.60 Å². The quantitative estimate of drug-likeness (QED) is 0.154. The zero-order valence-corrected chi connectivity index (χ0v) is 27.3. The molecule has 0 heterocycles. The van der Waals surface area contributed by atoms with Gasteiger partial charge in [-0.3, -0.25) is 4.79 Å². The molecule has 2 bridgehead atoms. The Bertz CT molecular complexity index is 1370. The summed E-state index contributed by atoms with van der Waals surface area (Å²) in [5, 5.41) is 0. The molecule has 0 saturated heterocycles. The molecule has 0 aliphatic heterocycles. The third-order valence-corrected chi connectivity index (χ3v) is 7.80. The number of allylic oxidation sites excluding steroid dienone is 1. The van der Waals surface area contributed by atoms with E-state index in [2.05, 4.69) is 0 Å². The van der Waals surface area contributed by atoms with E-state index in [-0.39, 0.29) is 57.4 Å². The largest absolute Gasteiger partial charge is 0.466 e. The van der Waals surface area contributed by atoms with Crippen LogP contribution >= 0.6 is 0 Å². The van der Waals surface area contributed by atoms with Crippen LogP contribution in [-0.2, 0) is 61.9 Å². The second kappa shape index (κ2) is 15.8. The normalized spacial score (nSPS) is 24.7. The molecule has 5 atom stereocenters. The van der Waals surface area contributed by atoms with Crippen LogP contribution in [0.15, 0.2) is 46.1 Å². The third kappa shape index (κ3) is 6.37. The number of rotatable bonds is 14. The van der Waals surface area contributed by atoms with Gasteiger partial charge in [0, 0.05) is 29.9 Å². The summed E-state index contributed by atoms with van der Waals surface area (Å²) in [5.74, 6) is -10.9. The van der Waals surface area contributed by atoms with E-state index >= 15 is 0 Å². The van der Waals surface area contributed by atoms with Crippen molar-refractivity contribution in [1.82, 2.24) is 0 Å². The van der Waals surface area contributed by atoms with Crippen LogP contribution in [0.1, 0.15) is 48.5 Å². The second-order valence-electron chi connectivity index (χ2n) is 10.2. The predicted octanol–water partition coefficient (Wildman–Crippen LogP) is 2.72. The first-order valence-electron chi connectivity index (χ1n) is 15.6. The fourth-order valence-corrected chi connectivity index (χ4v) is 6.47. The number of carbonyl (C=O) groups is 6. The topological polar surface area (TPSA) is 167 Å². The first-order chi connectivity index (χ1) is 22.0. The maximum atomic E-state index is 14.1. The van der Waals surface area contributed by atoms with Gasteiger partial charge in [-0.2, -0.15) is 0 Å². The van der Waals surface area contributed by atoms with Crippen LogP contribution in [-0.4, -0.2) is 87.7 Å². The molecule has 0 fully saturated rings. The van der Waals surface area contributed by atoms with Crippen molar-refractivity contribution in [3.05, 3.63) is 46.1 Å². The van der Waals surface area contributed by atoms with E-state index in [0.717, 1.165) is 0 Å². The average Bonchev–Trinajstić information content (AvgIpc) is 3.27. The lowest BCUT2D eigenvalue weighted by atomic mass is 9.56. The predicted molar refractivity (Wildman–Crippen MR) is 159 cm³/mol. The summed E-state index contributed by atoms with van der Waals surface area (Å²) in [4.78, 5) is 83.1. The molecule has 4 rings (SSSR count). The van der Waals surface area contributed by atoms with Crippen molar-refractivity contribution in [2.75, 3.05) is 46.2 Å². The lowest BCUT2D eigenvalue weighted by Crippen LogP contribution is -2.59. The van der Waals surface area contributed by atoms with Crippen LogP contribution in [0.25, 0.3) is 0 Å². The molecule has 13 nitrogen and oxygen atoms in total. The van der Waals surface area contributed by atoms with Gasteiger partial charge < -0.3 is 33.2 Å².